The number of carboxylic acid groups (broad SMARTS) is 1. The van der Waals surface area contributed by atoms with Crippen molar-refractivity contribution in [2.45, 2.75) is 12.5 Å². The number of carboxylic acids is 1. The maximum absolute atomic E-state index is 10.6. The number of likely N-dealkylation sites (N-methyl/N-ethyl adjacent to an activating group) is 1. The van der Waals surface area contributed by atoms with Gasteiger partial charge in [0, 0.05) is 0 Å². The van der Waals surface area contributed by atoms with Crippen LogP contribution >= 0.6 is 0 Å². The fourth-order valence-electron chi connectivity index (χ4n) is 1.38. The molecule has 0 radical (unpaired) electrons. The Morgan fingerprint density at radius 3 is 2.50 bits per heavy atom. The number of hydrogen-bond acceptors (Lipinski definition) is 1. The Bertz CT molecular complexity index is 154. The summed E-state index contributed by atoms with van der Waals surface area (Å²) in [6.07, 6.45) is 2.75. The van der Waals surface area contributed by atoms with Crippen molar-refractivity contribution in [2.24, 2.45) is 0 Å². The first-order chi connectivity index (χ1) is 4.54. The SMILES string of the molecule is C[N+]1(C)C[CH-]C[C@H]1C(=O)O. The molecule has 1 rings (SSSR count). The Morgan fingerprint density at radius 1 is 1.70 bits per heavy atom. The molecule has 3 heteroatoms. The van der Waals surface area contributed by atoms with Gasteiger partial charge in [0.05, 0.1) is 14.1 Å². The number of aliphatic carboxylic acids is 1. The van der Waals surface area contributed by atoms with E-state index >= 15 is 0 Å². The number of hydrogen-bond donors (Lipinski definition) is 1. The summed E-state index contributed by atoms with van der Waals surface area (Å²) in [4.78, 5) is 10.6. The van der Waals surface area contributed by atoms with Gasteiger partial charge < -0.3 is 9.59 Å². The lowest BCUT2D eigenvalue weighted by atomic mass is 10.2. The Kier molecular flexibility index (Phi) is 1.68. The summed E-state index contributed by atoms with van der Waals surface area (Å²) < 4.78 is 0.593. The summed E-state index contributed by atoms with van der Waals surface area (Å²) in [5.41, 5.74) is 0. The third-order valence-electron chi connectivity index (χ3n) is 2.12. The van der Waals surface area contributed by atoms with Gasteiger partial charge in [-0.25, -0.2) is 4.79 Å². The molecule has 0 unspecified atom stereocenters. The summed E-state index contributed by atoms with van der Waals surface area (Å²) in [7, 11) is 3.89. The number of nitrogens with zero attached hydrogens (tertiary/aromatic N) is 1. The molecule has 0 aromatic carbocycles. The van der Waals surface area contributed by atoms with E-state index in [1.807, 2.05) is 20.5 Å². The fraction of sp³-hybridized carbons (Fsp3) is 0.714. The third-order valence-corrected chi connectivity index (χ3v) is 2.12. The van der Waals surface area contributed by atoms with Crippen LogP contribution in [0.1, 0.15) is 6.42 Å². The molecule has 1 saturated heterocycles. The van der Waals surface area contributed by atoms with Gasteiger partial charge in [-0.05, 0) is 6.54 Å². The van der Waals surface area contributed by atoms with E-state index in [1.54, 1.807) is 0 Å². The van der Waals surface area contributed by atoms with Crippen LogP contribution in [0.2, 0.25) is 0 Å². The summed E-state index contributed by atoms with van der Waals surface area (Å²) >= 11 is 0. The molecule has 0 bridgehead atoms. The van der Waals surface area contributed by atoms with Crippen LogP contribution in [0.3, 0.4) is 0 Å². The molecule has 1 heterocycles. The van der Waals surface area contributed by atoms with Gasteiger partial charge in [0.2, 0.25) is 0 Å². The summed E-state index contributed by atoms with van der Waals surface area (Å²) in [5.74, 6) is -0.682. The van der Waals surface area contributed by atoms with Crippen molar-refractivity contribution in [3.8, 4) is 0 Å². The quantitative estimate of drug-likeness (QED) is 0.418. The minimum atomic E-state index is -0.682. The van der Waals surface area contributed by atoms with E-state index in [-0.39, 0.29) is 6.04 Å². The maximum atomic E-state index is 10.6. The topological polar surface area (TPSA) is 37.3 Å². The van der Waals surface area contributed by atoms with Crippen LogP contribution in [0.5, 0.6) is 0 Å². The second-order valence-corrected chi connectivity index (χ2v) is 3.34. The molecule has 0 saturated carbocycles. The molecule has 58 valence electrons. The zero-order valence-electron chi connectivity index (χ0n) is 6.37. The Morgan fingerprint density at radius 2 is 2.30 bits per heavy atom. The highest BCUT2D eigenvalue weighted by molar-refractivity contribution is 5.72. The predicted octanol–water partition coefficient (Wildman–Crippen LogP) is 0.124. The average molecular weight is 143 g/mol. The molecular weight excluding hydrogens is 130 g/mol. The molecule has 1 aliphatic rings. The molecule has 0 aliphatic carbocycles. The van der Waals surface area contributed by atoms with E-state index in [2.05, 4.69) is 0 Å². The lowest BCUT2D eigenvalue weighted by Gasteiger charge is -2.31. The molecule has 0 aromatic rings. The van der Waals surface area contributed by atoms with Crippen molar-refractivity contribution in [2.75, 3.05) is 20.6 Å². The van der Waals surface area contributed by atoms with Crippen LogP contribution < -0.4 is 0 Å². The van der Waals surface area contributed by atoms with Gasteiger partial charge in [-0.3, -0.25) is 6.42 Å². The predicted molar refractivity (Wildman–Crippen MR) is 37.3 cm³/mol. The second-order valence-electron chi connectivity index (χ2n) is 3.34. The van der Waals surface area contributed by atoms with Crippen LogP contribution in [0, 0.1) is 6.42 Å². The van der Waals surface area contributed by atoms with Gasteiger partial charge in [-0.15, -0.1) is 6.42 Å². The first kappa shape index (κ1) is 7.54. The second kappa shape index (κ2) is 2.23. The standard InChI is InChI=1S/C7H13NO2/c1-8(2)5-3-4-6(8)7(9)10/h3,6H,4-5H2,1-2H3,(H,9,10)/t6-/m0/s1. The molecule has 1 N–H and O–H groups in total. The Balaban J connectivity index is 2.68. The summed E-state index contributed by atoms with van der Waals surface area (Å²) in [6, 6.07) is -0.222. The molecule has 0 spiro atoms. The molecule has 1 atom stereocenters. The van der Waals surface area contributed by atoms with Gasteiger partial charge in [0.15, 0.2) is 6.04 Å². The van der Waals surface area contributed by atoms with E-state index in [0.29, 0.717) is 10.9 Å². The average Bonchev–Trinajstić information content (AvgIpc) is 2.08. The van der Waals surface area contributed by atoms with E-state index in [0.717, 1.165) is 6.54 Å². The highest BCUT2D eigenvalue weighted by Crippen LogP contribution is 2.20. The number of carbonyl (C=O) groups is 1. The lowest BCUT2D eigenvalue weighted by Crippen LogP contribution is -2.48. The van der Waals surface area contributed by atoms with Crippen LogP contribution in [0.25, 0.3) is 0 Å². The fourth-order valence-corrected chi connectivity index (χ4v) is 1.38. The third kappa shape index (κ3) is 1.14. The van der Waals surface area contributed by atoms with Crippen molar-refractivity contribution in [1.82, 2.24) is 0 Å². The molecule has 1 aliphatic heterocycles. The van der Waals surface area contributed by atoms with Crippen molar-refractivity contribution in [1.29, 1.82) is 0 Å². The molecular formula is C7H13NO2. The highest BCUT2D eigenvalue weighted by atomic mass is 16.4. The molecule has 1 fully saturated rings. The first-order valence-electron chi connectivity index (χ1n) is 3.41. The van der Waals surface area contributed by atoms with Gasteiger partial charge in [0.1, 0.15) is 0 Å². The van der Waals surface area contributed by atoms with E-state index in [1.165, 1.54) is 0 Å². The lowest BCUT2D eigenvalue weighted by molar-refractivity contribution is -0.892. The van der Waals surface area contributed by atoms with Crippen molar-refractivity contribution >= 4 is 5.97 Å². The zero-order valence-corrected chi connectivity index (χ0v) is 6.37. The van der Waals surface area contributed by atoms with Crippen LogP contribution in [0.4, 0.5) is 0 Å². The minimum absolute atomic E-state index is 0.222. The summed E-state index contributed by atoms with van der Waals surface area (Å²) in [6.45, 7) is 0.872. The van der Waals surface area contributed by atoms with Gasteiger partial charge >= 0.3 is 5.97 Å². The van der Waals surface area contributed by atoms with E-state index < -0.39 is 5.97 Å². The molecule has 3 nitrogen and oxygen atoms in total. The van der Waals surface area contributed by atoms with Crippen molar-refractivity contribution in [3.63, 3.8) is 0 Å². The van der Waals surface area contributed by atoms with Crippen molar-refractivity contribution < 1.29 is 14.4 Å². The Hall–Kier alpha value is -0.570. The van der Waals surface area contributed by atoms with Gasteiger partial charge in [0.25, 0.3) is 0 Å². The number of quaternary nitrogens is 1. The van der Waals surface area contributed by atoms with Gasteiger partial charge in [-0.1, -0.05) is 0 Å². The zero-order chi connectivity index (χ0) is 7.78. The van der Waals surface area contributed by atoms with Crippen LogP contribution in [-0.2, 0) is 4.79 Å². The highest BCUT2D eigenvalue weighted by Gasteiger charge is 2.33. The van der Waals surface area contributed by atoms with Gasteiger partial charge in [-0.2, -0.15) is 0 Å². The van der Waals surface area contributed by atoms with E-state index in [4.69, 9.17) is 5.11 Å². The summed E-state index contributed by atoms with van der Waals surface area (Å²) in [5, 5.41) is 8.71. The number of rotatable bonds is 1. The first-order valence-corrected chi connectivity index (χ1v) is 3.41. The normalized spacial score (nSPS) is 30.4. The number of likely N-dealkylation sites (tertiary alicyclic amines) is 1. The largest absolute Gasteiger partial charge is 0.477 e. The van der Waals surface area contributed by atoms with Crippen LogP contribution in [-0.4, -0.2) is 42.2 Å². The monoisotopic (exact) mass is 143 g/mol. The maximum Gasteiger partial charge on any atom is 0.359 e. The van der Waals surface area contributed by atoms with Crippen molar-refractivity contribution in [3.05, 3.63) is 6.42 Å². The minimum Gasteiger partial charge on any atom is -0.477 e. The smallest absolute Gasteiger partial charge is 0.359 e. The van der Waals surface area contributed by atoms with Crippen LogP contribution in [0.15, 0.2) is 0 Å². The molecule has 0 amide bonds. The van der Waals surface area contributed by atoms with E-state index in [9.17, 15) is 4.79 Å². The molecule has 10 heavy (non-hydrogen) atoms. The Labute approximate surface area is 60.8 Å². The molecule has 0 aromatic heterocycles.